The summed E-state index contributed by atoms with van der Waals surface area (Å²) in [6.45, 7) is 8.51. The van der Waals surface area contributed by atoms with Gasteiger partial charge in [-0.05, 0) is 43.0 Å². The summed E-state index contributed by atoms with van der Waals surface area (Å²) in [6.07, 6.45) is 0.902. The highest BCUT2D eigenvalue weighted by Crippen LogP contribution is 2.25. The third-order valence-corrected chi connectivity index (χ3v) is 5.22. The Balaban J connectivity index is 1.95. The number of nitrogens with zero attached hydrogens (tertiary/aromatic N) is 3. The van der Waals surface area contributed by atoms with E-state index in [0.29, 0.717) is 12.1 Å². The van der Waals surface area contributed by atoms with E-state index in [1.165, 1.54) is 0 Å². The third-order valence-electron chi connectivity index (χ3n) is 5.22. The molecular formula is C23H27N3O3. The number of carboxylic acids is 1. The van der Waals surface area contributed by atoms with Crippen LogP contribution < -0.4 is 5.69 Å². The fourth-order valence-corrected chi connectivity index (χ4v) is 3.35. The number of rotatable bonds is 7. The van der Waals surface area contributed by atoms with E-state index in [1.54, 1.807) is 27.4 Å². The van der Waals surface area contributed by atoms with Crippen molar-refractivity contribution in [2.75, 3.05) is 0 Å². The maximum atomic E-state index is 12.9. The van der Waals surface area contributed by atoms with Crippen LogP contribution in [0.2, 0.25) is 0 Å². The zero-order chi connectivity index (χ0) is 21.1. The lowest BCUT2D eigenvalue weighted by molar-refractivity contribution is 0.0697. The molecule has 152 valence electrons. The van der Waals surface area contributed by atoms with Crippen LogP contribution in [0.5, 0.6) is 0 Å². The minimum Gasteiger partial charge on any atom is -0.478 e. The average molecular weight is 393 g/mol. The van der Waals surface area contributed by atoms with E-state index in [9.17, 15) is 14.7 Å². The van der Waals surface area contributed by atoms with Gasteiger partial charge in [-0.3, -0.25) is 4.57 Å². The first-order valence-corrected chi connectivity index (χ1v) is 9.94. The van der Waals surface area contributed by atoms with Crippen molar-refractivity contribution in [3.63, 3.8) is 0 Å². The quantitative estimate of drug-likeness (QED) is 0.639. The van der Waals surface area contributed by atoms with Crippen LogP contribution in [0.4, 0.5) is 0 Å². The Morgan fingerprint density at radius 1 is 1.07 bits per heavy atom. The van der Waals surface area contributed by atoms with Gasteiger partial charge in [0.1, 0.15) is 5.82 Å². The SMILES string of the molecule is CCC(C)c1nn(C(C)C)c(=O)n1Cc1ccc(-c2ccccc2C(=O)O)cc1. The Labute approximate surface area is 170 Å². The van der Waals surface area contributed by atoms with Crippen LogP contribution >= 0.6 is 0 Å². The molecule has 29 heavy (non-hydrogen) atoms. The van der Waals surface area contributed by atoms with Gasteiger partial charge in [-0.15, -0.1) is 0 Å². The minimum atomic E-state index is -0.949. The van der Waals surface area contributed by atoms with Crippen LogP contribution in [0.3, 0.4) is 0 Å². The monoisotopic (exact) mass is 393 g/mol. The maximum Gasteiger partial charge on any atom is 0.346 e. The van der Waals surface area contributed by atoms with Gasteiger partial charge in [0.05, 0.1) is 18.2 Å². The molecule has 3 rings (SSSR count). The van der Waals surface area contributed by atoms with Gasteiger partial charge in [-0.1, -0.05) is 56.3 Å². The highest BCUT2D eigenvalue weighted by molar-refractivity contribution is 5.95. The molecule has 0 aliphatic heterocycles. The van der Waals surface area contributed by atoms with Gasteiger partial charge in [0.25, 0.3) is 0 Å². The first-order valence-electron chi connectivity index (χ1n) is 9.94. The molecule has 1 heterocycles. The van der Waals surface area contributed by atoms with E-state index in [-0.39, 0.29) is 23.2 Å². The summed E-state index contributed by atoms with van der Waals surface area (Å²) in [5.41, 5.74) is 2.65. The molecule has 0 saturated heterocycles. The summed E-state index contributed by atoms with van der Waals surface area (Å²) in [7, 11) is 0. The predicted octanol–water partition coefficient (Wildman–Crippen LogP) is 4.55. The summed E-state index contributed by atoms with van der Waals surface area (Å²) < 4.78 is 3.29. The molecule has 1 N–H and O–H groups in total. The lowest BCUT2D eigenvalue weighted by Crippen LogP contribution is -2.27. The van der Waals surface area contributed by atoms with Gasteiger partial charge in [0.15, 0.2) is 0 Å². The molecule has 2 aromatic carbocycles. The Kier molecular flexibility index (Phi) is 6.01. The van der Waals surface area contributed by atoms with Gasteiger partial charge in [0.2, 0.25) is 0 Å². The van der Waals surface area contributed by atoms with E-state index < -0.39 is 5.97 Å². The average Bonchev–Trinajstić information content (AvgIpc) is 3.04. The molecule has 0 saturated carbocycles. The van der Waals surface area contributed by atoms with Crippen LogP contribution in [-0.2, 0) is 6.54 Å². The summed E-state index contributed by atoms with van der Waals surface area (Å²) >= 11 is 0. The highest BCUT2D eigenvalue weighted by atomic mass is 16.4. The van der Waals surface area contributed by atoms with Crippen molar-refractivity contribution in [3.8, 4) is 11.1 Å². The smallest absolute Gasteiger partial charge is 0.346 e. The van der Waals surface area contributed by atoms with Crippen molar-refractivity contribution in [2.45, 2.75) is 52.6 Å². The molecule has 1 unspecified atom stereocenters. The van der Waals surface area contributed by atoms with E-state index in [4.69, 9.17) is 0 Å². The second kappa shape index (κ2) is 8.47. The standard InChI is InChI=1S/C23H27N3O3/c1-5-16(4)21-24-26(15(2)3)23(29)25(21)14-17-10-12-18(13-11-17)19-8-6-7-9-20(19)22(27)28/h6-13,15-16H,5,14H2,1-4H3,(H,27,28). The maximum absolute atomic E-state index is 12.9. The number of aromatic carboxylic acids is 1. The van der Waals surface area contributed by atoms with E-state index in [2.05, 4.69) is 18.9 Å². The molecule has 0 bridgehead atoms. The molecule has 0 radical (unpaired) electrons. The van der Waals surface area contributed by atoms with Crippen LogP contribution in [0.1, 0.15) is 67.8 Å². The molecule has 0 amide bonds. The van der Waals surface area contributed by atoms with Gasteiger partial charge in [0, 0.05) is 5.92 Å². The lowest BCUT2D eigenvalue weighted by Gasteiger charge is -2.11. The molecule has 3 aromatic rings. The largest absolute Gasteiger partial charge is 0.478 e. The van der Waals surface area contributed by atoms with Gasteiger partial charge < -0.3 is 5.11 Å². The van der Waals surface area contributed by atoms with Gasteiger partial charge >= 0.3 is 11.7 Å². The Morgan fingerprint density at radius 2 is 1.72 bits per heavy atom. The Bertz CT molecular complexity index is 1060. The van der Waals surface area contributed by atoms with Crippen LogP contribution in [0.15, 0.2) is 53.3 Å². The summed E-state index contributed by atoms with van der Waals surface area (Å²) in [5, 5.41) is 14.0. The van der Waals surface area contributed by atoms with Crippen molar-refractivity contribution >= 4 is 5.97 Å². The molecule has 0 fully saturated rings. The molecule has 0 aliphatic carbocycles. The first kappa shape index (κ1) is 20.6. The topological polar surface area (TPSA) is 77.1 Å². The third kappa shape index (κ3) is 4.16. The summed E-state index contributed by atoms with van der Waals surface area (Å²) in [6, 6.07) is 14.6. The van der Waals surface area contributed by atoms with Crippen LogP contribution in [-0.4, -0.2) is 25.4 Å². The molecule has 6 heteroatoms. The molecule has 6 nitrogen and oxygen atoms in total. The van der Waals surface area contributed by atoms with E-state index in [1.807, 2.05) is 44.2 Å². The summed E-state index contributed by atoms with van der Waals surface area (Å²) in [5.74, 6) is 0.0337. The Morgan fingerprint density at radius 3 is 2.31 bits per heavy atom. The molecule has 1 aromatic heterocycles. The molecular weight excluding hydrogens is 366 g/mol. The predicted molar refractivity (Wildman–Crippen MR) is 114 cm³/mol. The zero-order valence-corrected chi connectivity index (χ0v) is 17.3. The minimum absolute atomic E-state index is 0.00134. The zero-order valence-electron chi connectivity index (χ0n) is 17.3. The van der Waals surface area contributed by atoms with Gasteiger partial charge in [-0.2, -0.15) is 5.10 Å². The van der Waals surface area contributed by atoms with E-state index in [0.717, 1.165) is 23.4 Å². The fraction of sp³-hybridized carbons (Fsp3) is 0.348. The van der Waals surface area contributed by atoms with Crippen molar-refractivity contribution in [1.29, 1.82) is 0 Å². The Hall–Kier alpha value is -3.15. The number of aromatic nitrogens is 3. The summed E-state index contributed by atoms with van der Waals surface area (Å²) in [4.78, 5) is 24.3. The molecule has 1 atom stereocenters. The number of carbonyl (C=O) groups is 1. The van der Waals surface area contributed by atoms with Gasteiger partial charge in [-0.25, -0.2) is 14.3 Å². The van der Waals surface area contributed by atoms with Crippen LogP contribution in [0.25, 0.3) is 11.1 Å². The van der Waals surface area contributed by atoms with Crippen molar-refractivity contribution in [2.24, 2.45) is 0 Å². The van der Waals surface area contributed by atoms with Crippen molar-refractivity contribution < 1.29 is 9.90 Å². The number of carboxylic acid groups (broad SMARTS) is 1. The fourth-order valence-electron chi connectivity index (χ4n) is 3.35. The first-order chi connectivity index (χ1) is 13.8. The highest BCUT2D eigenvalue weighted by Gasteiger charge is 2.19. The van der Waals surface area contributed by atoms with Crippen molar-refractivity contribution in [3.05, 3.63) is 76.0 Å². The second-order valence-corrected chi connectivity index (χ2v) is 7.62. The lowest BCUT2D eigenvalue weighted by atomic mass is 9.98. The number of hydrogen-bond acceptors (Lipinski definition) is 3. The number of hydrogen-bond donors (Lipinski definition) is 1. The van der Waals surface area contributed by atoms with Crippen LogP contribution in [0, 0.1) is 0 Å². The molecule has 0 spiro atoms. The van der Waals surface area contributed by atoms with Crippen molar-refractivity contribution in [1.82, 2.24) is 14.3 Å². The molecule has 0 aliphatic rings. The normalized spacial score (nSPS) is 12.3. The second-order valence-electron chi connectivity index (χ2n) is 7.62. The van der Waals surface area contributed by atoms with E-state index >= 15 is 0 Å². The number of benzene rings is 2.